The Hall–Kier alpha value is -2.29. The number of fused-ring (bicyclic) bond motifs is 1. The molecule has 1 amide bonds. The maximum Gasteiger partial charge on any atom is 0.282 e. The molecule has 0 saturated carbocycles. The van der Waals surface area contributed by atoms with Gasteiger partial charge in [0, 0.05) is 31.9 Å². The third-order valence-electron chi connectivity index (χ3n) is 4.62. The lowest BCUT2D eigenvalue weighted by molar-refractivity contribution is -0.166. The Labute approximate surface area is 143 Å². The number of amides is 1. The molecule has 1 fully saturated rings. The van der Waals surface area contributed by atoms with Crippen LogP contribution in [0.2, 0.25) is 0 Å². The molecule has 1 unspecified atom stereocenters. The monoisotopic (exact) mass is 351 g/mol. The lowest BCUT2D eigenvalue weighted by Crippen LogP contribution is -2.58. The molecule has 0 radical (unpaired) electrons. The molecule has 2 aromatic heterocycles. The Morgan fingerprint density at radius 2 is 2.24 bits per heavy atom. The van der Waals surface area contributed by atoms with Crippen LogP contribution >= 0.6 is 0 Å². The van der Waals surface area contributed by atoms with Crippen LogP contribution in [0.3, 0.4) is 0 Å². The van der Waals surface area contributed by atoms with Crippen LogP contribution in [0, 0.1) is 6.92 Å². The van der Waals surface area contributed by atoms with Crippen molar-refractivity contribution in [2.24, 2.45) is 0 Å². The van der Waals surface area contributed by atoms with Crippen molar-refractivity contribution >= 4 is 5.91 Å². The van der Waals surface area contributed by atoms with Crippen molar-refractivity contribution in [3.8, 4) is 0 Å². The fraction of sp³-hybridized carbons (Fsp3) is 0.562. The fourth-order valence-electron chi connectivity index (χ4n) is 3.48. The van der Waals surface area contributed by atoms with Crippen molar-refractivity contribution in [2.75, 3.05) is 19.6 Å². The Balaban J connectivity index is 1.44. The summed E-state index contributed by atoms with van der Waals surface area (Å²) in [4.78, 5) is 15.7. The quantitative estimate of drug-likeness (QED) is 0.837. The highest BCUT2D eigenvalue weighted by molar-refractivity contribution is 5.77. The molecule has 7 nitrogen and oxygen atoms in total. The van der Waals surface area contributed by atoms with Crippen LogP contribution in [-0.2, 0) is 17.9 Å². The third kappa shape index (κ3) is 3.28. The first kappa shape index (κ1) is 16.2. The van der Waals surface area contributed by atoms with Gasteiger partial charge in [-0.3, -0.25) is 14.4 Å². The van der Waals surface area contributed by atoms with Gasteiger partial charge in [-0.1, -0.05) is 5.16 Å². The molecule has 0 bridgehead atoms. The van der Waals surface area contributed by atoms with E-state index in [2.05, 4.69) is 15.2 Å². The minimum Gasteiger partial charge on any atom is -0.361 e. The molecule has 2 aromatic rings. The lowest BCUT2D eigenvalue weighted by Gasteiger charge is -2.40. The van der Waals surface area contributed by atoms with Gasteiger partial charge in [0.2, 0.25) is 5.91 Å². The normalized spacial score (nSPS) is 22.5. The van der Waals surface area contributed by atoms with Crippen molar-refractivity contribution < 1.29 is 18.1 Å². The van der Waals surface area contributed by atoms with Gasteiger partial charge in [-0.05, 0) is 13.0 Å². The van der Waals surface area contributed by atoms with Crippen LogP contribution in [0.25, 0.3) is 0 Å². The first-order valence-corrected chi connectivity index (χ1v) is 8.22. The minimum absolute atomic E-state index is 0.166. The van der Waals surface area contributed by atoms with Gasteiger partial charge in [0.15, 0.2) is 0 Å². The van der Waals surface area contributed by atoms with E-state index in [4.69, 9.17) is 4.52 Å². The van der Waals surface area contributed by atoms with E-state index in [1.54, 1.807) is 6.20 Å². The summed E-state index contributed by atoms with van der Waals surface area (Å²) in [5.41, 5.74) is 1.83. The summed E-state index contributed by atoms with van der Waals surface area (Å²) in [7, 11) is 0. The summed E-state index contributed by atoms with van der Waals surface area (Å²) in [6.45, 7) is 2.79. The summed E-state index contributed by atoms with van der Waals surface area (Å²) in [5, 5.41) is 8.31. The first-order valence-electron chi connectivity index (χ1n) is 8.22. The molecule has 0 spiro atoms. The van der Waals surface area contributed by atoms with Crippen molar-refractivity contribution in [3.63, 3.8) is 0 Å². The highest BCUT2D eigenvalue weighted by Crippen LogP contribution is 2.30. The SMILES string of the molecule is Cc1cc(CN2Cc3ccnn3C(CC(=O)N3CC(F)(F)C3)C2)no1. The van der Waals surface area contributed by atoms with E-state index in [1.807, 2.05) is 23.7 Å². The summed E-state index contributed by atoms with van der Waals surface area (Å²) < 4.78 is 32.9. The summed E-state index contributed by atoms with van der Waals surface area (Å²) in [5.74, 6) is -2.24. The van der Waals surface area contributed by atoms with Crippen LogP contribution in [0.15, 0.2) is 22.9 Å². The molecule has 4 rings (SSSR count). The average Bonchev–Trinajstić information content (AvgIpc) is 3.13. The zero-order valence-electron chi connectivity index (χ0n) is 13.9. The fourth-order valence-corrected chi connectivity index (χ4v) is 3.48. The van der Waals surface area contributed by atoms with Crippen molar-refractivity contribution in [3.05, 3.63) is 35.5 Å². The van der Waals surface area contributed by atoms with Crippen LogP contribution in [0.1, 0.15) is 29.6 Å². The molecule has 0 aliphatic carbocycles. The number of nitrogens with zero attached hydrogens (tertiary/aromatic N) is 5. The Kier molecular flexibility index (Phi) is 3.82. The Morgan fingerprint density at radius 1 is 1.44 bits per heavy atom. The molecule has 1 atom stereocenters. The second kappa shape index (κ2) is 5.91. The van der Waals surface area contributed by atoms with Gasteiger partial charge < -0.3 is 9.42 Å². The number of aryl methyl sites for hydroxylation is 1. The maximum atomic E-state index is 13.0. The van der Waals surface area contributed by atoms with Crippen molar-refractivity contribution in [2.45, 2.75) is 38.4 Å². The number of rotatable bonds is 4. The largest absolute Gasteiger partial charge is 0.361 e. The number of hydrogen-bond donors (Lipinski definition) is 0. The van der Waals surface area contributed by atoms with Crippen molar-refractivity contribution in [1.82, 2.24) is 24.7 Å². The molecule has 1 saturated heterocycles. The smallest absolute Gasteiger partial charge is 0.282 e. The molecule has 4 heterocycles. The van der Waals surface area contributed by atoms with E-state index in [0.29, 0.717) is 19.6 Å². The minimum atomic E-state index is -2.74. The van der Waals surface area contributed by atoms with Crippen LogP contribution in [-0.4, -0.2) is 56.2 Å². The lowest BCUT2D eigenvalue weighted by atomic mass is 10.1. The number of likely N-dealkylation sites (tertiary alicyclic amines) is 1. The summed E-state index contributed by atoms with van der Waals surface area (Å²) in [6.07, 6.45) is 1.87. The highest BCUT2D eigenvalue weighted by Gasteiger charge is 2.46. The molecular formula is C16H19F2N5O2. The van der Waals surface area contributed by atoms with E-state index in [-0.39, 0.29) is 18.4 Å². The van der Waals surface area contributed by atoms with Gasteiger partial charge >= 0.3 is 0 Å². The van der Waals surface area contributed by atoms with Gasteiger partial charge in [-0.25, -0.2) is 8.78 Å². The number of alkyl halides is 2. The van der Waals surface area contributed by atoms with Gasteiger partial charge in [0.25, 0.3) is 5.92 Å². The molecule has 2 aliphatic rings. The average molecular weight is 351 g/mol. The van der Waals surface area contributed by atoms with E-state index in [0.717, 1.165) is 17.1 Å². The van der Waals surface area contributed by atoms with Crippen LogP contribution in [0.5, 0.6) is 0 Å². The summed E-state index contributed by atoms with van der Waals surface area (Å²) >= 11 is 0. The second-order valence-electron chi connectivity index (χ2n) is 6.83. The van der Waals surface area contributed by atoms with Crippen LogP contribution < -0.4 is 0 Å². The van der Waals surface area contributed by atoms with E-state index >= 15 is 0 Å². The molecule has 2 aliphatic heterocycles. The van der Waals surface area contributed by atoms with Gasteiger partial charge in [0.1, 0.15) is 5.76 Å². The van der Waals surface area contributed by atoms with Crippen molar-refractivity contribution in [1.29, 1.82) is 0 Å². The predicted octanol–water partition coefficient (Wildman–Crippen LogP) is 1.60. The van der Waals surface area contributed by atoms with Gasteiger partial charge in [0.05, 0.1) is 36.9 Å². The standard InChI is InChI=1S/C16H19F2N5O2/c1-11-4-12(20-25-11)6-21-7-13-2-3-19-23(13)14(8-21)5-15(24)22-9-16(17,18)10-22/h2-4,14H,5-10H2,1H3. The molecule has 25 heavy (non-hydrogen) atoms. The zero-order valence-corrected chi connectivity index (χ0v) is 13.9. The first-order chi connectivity index (χ1) is 11.9. The van der Waals surface area contributed by atoms with Gasteiger partial charge in [-0.2, -0.15) is 5.10 Å². The van der Waals surface area contributed by atoms with Crippen LogP contribution in [0.4, 0.5) is 8.78 Å². The topological polar surface area (TPSA) is 67.4 Å². The number of halogens is 2. The van der Waals surface area contributed by atoms with Gasteiger partial charge in [-0.15, -0.1) is 0 Å². The molecule has 9 heteroatoms. The molecule has 0 aromatic carbocycles. The second-order valence-corrected chi connectivity index (χ2v) is 6.83. The summed E-state index contributed by atoms with van der Waals surface area (Å²) in [6, 6.07) is 3.62. The number of aromatic nitrogens is 3. The molecular weight excluding hydrogens is 332 g/mol. The number of hydrogen-bond acceptors (Lipinski definition) is 5. The maximum absolute atomic E-state index is 13.0. The third-order valence-corrected chi connectivity index (χ3v) is 4.62. The Morgan fingerprint density at radius 3 is 2.92 bits per heavy atom. The molecule has 134 valence electrons. The number of carbonyl (C=O) groups excluding carboxylic acids is 1. The predicted molar refractivity (Wildman–Crippen MR) is 82.8 cm³/mol. The van der Waals surface area contributed by atoms with E-state index in [9.17, 15) is 13.6 Å². The van der Waals surface area contributed by atoms with E-state index in [1.165, 1.54) is 4.90 Å². The zero-order chi connectivity index (χ0) is 17.6. The van der Waals surface area contributed by atoms with E-state index < -0.39 is 19.0 Å². The Bertz CT molecular complexity index is 779. The highest BCUT2D eigenvalue weighted by atomic mass is 19.3. The number of carbonyl (C=O) groups is 1. The molecule has 0 N–H and O–H groups in total.